The van der Waals surface area contributed by atoms with Crippen molar-refractivity contribution in [2.24, 2.45) is 5.92 Å². The van der Waals surface area contributed by atoms with Gasteiger partial charge in [-0.3, -0.25) is 4.79 Å². The Labute approximate surface area is 154 Å². The molecular weight excluding hydrogens is 361 g/mol. The van der Waals surface area contributed by atoms with Gasteiger partial charge in [-0.15, -0.1) is 0 Å². The number of halogens is 3. The Morgan fingerprint density at radius 1 is 1.30 bits per heavy atom. The largest absolute Gasteiger partial charge is 0.481 e. The van der Waals surface area contributed by atoms with Gasteiger partial charge in [-0.2, -0.15) is 0 Å². The molecule has 8 heteroatoms. The summed E-state index contributed by atoms with van der Waals surface area (Å²) in [5.41, 5.74) is 0.765. The van der Waals surface area contributed by atoms with Gasteiger partial charge >= 0.3 is 0 Å². The van der Waals surface area contributed by atoms with Crippen molar-refractivity contribution in [1.82, 2.24) is 10.3 Å². The van der Waals surface area contributed by atoms with Crippen molar-refractivity contribution < 1.29 is 27.8 Å². The van der Waals surface area contributed by atoms with Crippen LogP contribution in [0.25, 0.3) is 0 Å². The summed E-state index contributed by atoms with van der Waals surface area (Å²) in [6.45, 7) is 0. The number of carbonyl (C=O) groups is 1. The Balaban J connectivity index is 1.74. The molecule has 0 radical (unpaired) electrons. The number of rotatable bonds is 6. The number of benzene rings is 1. The van der Waals surface area contributed by atoms with E-state index in [2.05, 4.69) is 10.3 Å². The summed E-state index contributed by atoms with van der Waals surface area (Å²) in [5, 5.41) is 12.4. The smallest absolute Gasteiger partial charge is 0.224 e. The van der Waals surface area contributed by atoms with Gasteiger partial charge in [0.1, 0.15) is 0 Å². The van der Waals surface area contributed by atoms with Gasteiger partial charge in [-0.1, -0.05) is 6.07 Å². The molecule has 1 fully saturated rings. The summed E-state index contributed by atoms with van der Waals surface area (Å²) in [5.74, 6) is -4.27. The molecule has 0 spiro atoms. The van der Waals surface area contributed by atoms with E-state index in [1.54, 1.807) is 18.3 Å². The van der Waals surface area contributed by atoms with Crippen LogP contribution in [0.15, 0.2) is 30.5 Å². The minimum Gasteiger partial charge on any atom is -0.481 e. The highest BCUT2D eigenvalue weighted by atomic mass is 19.2. The Morgan fingerprint density at radius 2 is 1.96 bits per heavy atom. The number of aliphatic hydroxyl groups is 1. The summed E-state index contributed by atoms with van der Waals surface area (Å²) in [6, 6.07) is 4.62. The first kappa shape index (κ1) is 19.2. The predicted molar refractivity (Wildman–Crippen MR) is 90.4 cm³/mol. The molecule has 3 rings (SSSR count). The van der Waals surface area contributed by atoms with Crippen molar-refractivity contribution in [3.05, 3.63) is 59.0 Å². The molecule has 0 saturated heterocycles. The van der Waals surface area contributed by atoms with Gasteiger partial charge in [0.25, 0.3) is 0 Å². The van der Waals surface area contributed by atoms with Crippen LogP contribution in [0.2, 0.25) is 0 Å². The first-order chi connectivity index (χ1) is 12.9. The number of aromatic nitrogens is 1. The zero-order chi connectivity index (χ0) is 19.6. The standard InChI is InChI=1S/C19H19F3N2O3/c1-27-17-3-2-11(9-23-17)19(12-7-13(25)8-12)24-16(26)6-10-4-14(20)18(22)15(21)5-10/h2-5,9,12-13,19,25H,6-8H2,1H3,(H,24,26)/t12?,13?,19-/m0/s1. The second kappa shape index (κ2) is 7.96. The third-order valence-corrected chi connectivity index (χ3v) is 4.67. The van der Waals surface area contributed by atoms with Crippen molar-refractivity contribution in [1.29, 1.82) is 0 Å². The van der Waals surface area contributed by atoms with E-state index in [1.807, 2.05) is 0 Å². The number of aliphatic hydroxyl groups excluding tert-OH is 1. The van der Waals surface area contributed by atoms with E-state index in [-0.39, 0.29) is 17.9 Å². The van der Waals surface area contributed by atoms with E-state index in [1.165, 1.54) is 7.11 Å². The number of hydrogen-bond acceptors (Lipinski definition) is 4. The third kappa shape index (κ3) is 4.39. The van der Waals surface area contributed by atoms with Crippen LogP contribution < -0.4 is 10.1 Å². The molecule has 1 aliphatic carbocycles. The highest BCUT2D eigenvalue weighted by molar-refractivity contribution is 5.79. The lowest BCUT2D eigenvalue weighted by Crippen LogP contribution is -2.42. The van der Waals surface area contributed by atoms with Gasteiger partial charge in [0.15, 0.2) is 17.5 Å². The molecule has 0 bridgehead atoms. The summed E-state index contributed by atoms with van der Waals surface area (Å²) in [6.07, 6.45) is 1.91. The molecule has 1 aromatic heterocycles. The number of carbonyl (C=O) groups excluding carboxylic acids is 1. The monoisotopic (exact) mass is 380 g/mol. The van der Waals surface area contributed by atoms with E-state index in [0.29, 0.717) is 18.7 Å². The number of amides is 1. The molecule has 1 heterocycles. The molecule has 1 aromatic carbocycles. The first-order valence-electron chi connectivity index (χ1n) is 8.48. The van der Waals surface area contributed by atoms with Crippen molar-refractivity contribution in [2.75, 3.05) is 7.11 Å². The van der Waals surface area contributed by atoms with Crippen LogP contribution in [0, 0.1) is 23.4 Å². The fraction of sp³-hybridized carbons (Fsp3) is 0.368. The summed E-state index contributed by atoms with van der Waals surface area (Å²) in [7, 11) is 1.49. The van der Waals surface area contributed by atoms with E-state index in [9.17, 15) is 23.1 Å². The van der Waals surface area contributed by atoms with Crippen LogP contribution >= 0.6 is 0 Å². The second-order valence-corrected chi connectivity index (χ2v) is 6.61. The van der Waals surface area contributed by atoms with Gasteiger partial charge in [-0.25, -0.2) is 18.2 Å². The normalized spacial score (nSPS) is 19.9. The maximum Gasteiger partial charge on any atom is 0.224 e. The molecule has 0 unspecified atom stereocenters. The number of hydrogen-bond donors (Lipinski definition) is 2. The van der Waals surface area contributed by atoms with Crippen LogP contribution in [0.3, 0.4) is 0 Å². The fourth-order valence-corrected chi connectivity index (χ4v) is 3.19. The highest BCUT2D eigenvalue weighted by Gasteiger charge is 2.35. The van der Waals surface area contributed by atoms with E-state index in [0.717, 1.165) is 17.7 Å². The SMILES string of the molecule is COc1ccc([C@H](NC(=O)Cc2cc(F)c(F)c(F)c2)C2CC(O)C2)cn1. The van der Waals surface area contributed by atoms with Gasteiger partial charge < -0.3 is 15.2 Å². The lowest BCUT2D eigenvalue weighted by molar-refractivity contribution is -0.122. The summed E-state index contributed by atoms with van der Waals surface area (Å²) < 4.78 is 44.7. The molecular formula is C19H19F3N2O3. The van der Waals surface area contributed by atoms with Gasteiger partial charge in [0.2, 0.25) is 11.8 Å². The average Bonchev–Trinajstić information content (AvgIpc) is 2.62. The van der Waals surface area contributed by atoms with E-state index < -0.39 is 35.5 Å². The van der Waals surface area contributed by atoms with Gasteiger partial charge in [0.05, 0.1) is 25.7 Å². The Bertz CT molecular complexity index is 800. The summed E-state index contributed by atoms with van der Waals surface area (Å²) in [4.78, 5) is 16.5. The molecule has 5 nitrogen and oxygen atoms in total. The number of pyridine rings is 1. The third-order valence-electron chi connectivity index (χ3n) is 4.67. The lowest BCUT2D eigenvalue weighted by Gasteiger charge is -2.38. The number of methoxy groups -OCH3 is 1. The molecule has 2 N–H and O–H groups in total. The van der Waals surface area contributed by atoms with Crippen LogP contribution in [0.4, 0.5) is 13.2 Å². The first-order valence-corrected chi connectivity index (χ1v) is 8.48. The van der Waals surface area contributed by atoms with Crippen LogP contribution in [-0.2, 0) is 11.2 Å². The van der Waals surface area contributed by atoms with Crippen molar-refractivity contribution in [3.63, 3.8) is 0 Å². The Morgan fingerprint density at radius 3 is 2.48 bits per heavy atom. The summed E-state index contributed by atoms with van der Waals surface area (Å²) >= 11 is 0. The Hall–Kier alpha value is -2.61. The van der Waals surface area contributed by atoms with Crippen LogP contribution in [-0.4, -0.2) is 29.2 Å². The van der Waals surface area contributed by atoms with Crippen LogP contribution in [0.1, 0.15) is 30.0 Å². The zero-order valence-electron chi connectivity index (χ0n) is 14.6. The molecule has 144 valence electrons. The quantitative estimate of drug-likeness (QED) is 0.756. The maximum atomic E-state index is 13.3. The molecule has 1 atom stereocenters. The zero-order valence-corrected chi connectivity index (χ0v) is 14.6. The lowest BCUT2D eigenvalue weighted by atomic mass is 9.75. The molecule has 27 heavy (non-hydrogen) atoms. The second-order valence-electron chi connectivity index (χ2n) is 6.61. The van der Waals surface area contributed by atoms with E-state index >= 15 is 0 Å². The van der Waals surface area contributed by atoms with E-state index in [4.69, 9.17) is 4.74 Å². The minimum atomic E-state index is -1.57. The molecule has 1 amide bonds. The maximum absolute atomic E-state index is 13.3. The predicted octanol–water partition coefficient (Wildman–Crippen LogP) is 2.68. The van der Waals surface area contributed by atoms with Crippen molar-refractivity contribution in [2.45, 2.75) is 31.4 Å². The van der Waals surface area contributed by atoms with Gasteiger partial charge in [0, 0.05) is 12.3 Å². The molecule has 1 saturated carbocycles. The number of nitrogens with one attached hydrogen (secondary N) is 1. The van der Waals surface area contributed by atoms with Crippen molar-refractivity contribution in [3.8, 4) is 5.88 Å². The molecule has 0 aliphatic heterocycles. The fourth-order valence-electron chi connectivity index (χ4n) is 3.19. The molecule has 1 aliphatic rings. The highest BCUT2D eigenvalue weighted by Crippen LogP contribution is 2.38. The minimum absolute atomic E-state index is 0.0147. The number of ether oxygens (including phenoxy) is 1. The number of nitrogens with zero attached hydrogens (tertiary/aromatic N) is 1. The van der Waals surface area contributed by atoms with Crippen molar-refractivity contribution >= 4 is 5.91 Å². The van der Waals surface area contributed by atoms with Crippen LogP contribution in [0.5, 0.6) is 5.88 Å². The average molecular weight is 380 g/mol. The molecule has 2 aromatic rings. The Kier molecular flexibility index (Phi) is 5.65. The van der Waals surface area contributed by atoms with Gasteiger partial charge in [-0.05, 0) is 42.0 Å². The topological polar surface area (TPSA) is 71.5 Å².